The number of methoxy groups -OCH3 is 1. The highest BCUT2D eigenvalue weighted by atomic mass is 19.1. The minimum atomic E-state index is -0.250. The lowest BCUT2D eigenvalue weighted by Crippen LogP contribution is -2.43. The molecule has 1 heterocycles. The van der Waals surface area contributed by atoms with Gasteiger partial charge in [-0.05, 0) is 69.4 Å². The Morgan fingerprint density at radius 3 is 2.76 bits per heavy atom. The number of hydrogen-bond acceptors (Lipinski definition) is 3. The van der Waals surface area contributed by atoms with Gasteiger partial charge in [0.15, 0.2) is 11.6 Å². The summed E-state index contributed by atoms with van der Waals surface area (Å²) in [5, 5.41) is 3.31. The van der Waals surface area contributed by atoms with Crippen LogP contribution in [0.25, 0.3) is 0 Å². The summed E-state index contributed by atoms with van der Waals surface area (Å²) in [6.45, 7) is 2.13. The smallest absolute Gasteiger partial charge is 0.165 e. The van der Waals surface area contributed by atoms with Gasteiger partial charge in [-0.25, -0.2) is 4.39 Å². The van der Waals surface area contributed by atoms with Crippen molar-refractivity contribution in [3.8, 4) is 5.75 Å². The van der Waals surface area contributed by atoms with Crippen LogP contribution in [-0.2, 0) is 0 Å². The van der Waals surface area contributed by atoms with Gasteiger partial charge in [0.05, 0.1) is 7.11 Å². The second-order valence-corrected chi connectivity index (χ2v) is 6.27. The van der Waals surface area contributed by atoms with E-state index < -0.39 is 0 Å². The minimum absolute atomic E-state index is 0.250. The van der Waals surface area contributed by atoms with E-state index >= 15 is 0 Å². The van der Waals surface area contributed by atoms with Crippen molar-refractivity contribution in [2.45, 2.75) is 37.8 Å². The highest BCUT2D eigenvalue weighted by molar-refractivity contribution is 5.32. The van der Waals surface area contributed by atoms with Gasteiger partial charge in [-0.1, -0.05) is 6.07 Å². The Bertz CT molecular complexity index is 488. The molecule has 1 saturated heterocycles. The average Bonchev–Trinajstić information content (AvgIpc) is 3.32. The molecule has 0 bridgehead atoms. The number of halogens is 1. The number of hydrogen-bond donors (Lipinski definition) is 1. The molecule has 0 amide bonds. The number of benzene rings is 1. The first-order valence-electron chi connectivity index (χ1n) is 7.98. The number of nitrogens with one attached hydrogen (secondary N) is 1. The number of likely N-dealkylation sites (tertiary alicyclic amines) is 1. The molecule has 0 aromatic heterocycles. The maximum Gasteiger partial charge on any atom is 0.165 e. The van der Waals surface area contributed by atoms with Crippen LogP contribution in [0.5, 0.6) is 5.75 Å². The van der Waals surface area contributed by atoms with Gasteiger partial charge in [0.1, 0.15) is 0 Å². The summed E-state index contributed by atoms with van der Waals surface area (Å²) in [5.41, 5.74) is 1.10. The summed E-state index contributed by atoms with van der Waals surface area (Å²) in [6.07, 6.45) is 5.04. The molecule has 3 nitrogen and oxygen atoms in total. The SMILES string of the molecule is CNCC1CCCN(C2CC2)C1c1ccc(OC)c(F)c1. The summed E-state index contributed by atoms with van der Waals surface area (Å²) in [7, 11) is 3.51. The largest absolute Gasteiger partial charge is 0.494 e. The zero-order valence-corrected chi connectivity index (χ0v) is 12.9. The van der Waals surface area contributed by atoms with Crippen LogP contribution >= 0.6 is 0 Å². The van der Waals surface area contributed by atoms with Gasteiger partial charge in [0, 0.05) is 12.1 Å². The highest BCUT2D eigenvalue weighted by Crippen LogP contribution is 2.43. The fraction of sp³-hybridized carbons (Fsp3) is 0.647. The van der Waals surface area contributed by atoms with E-state index in [4.69, 9.17) is 4.74 Å². The molecule has 0 radical (unpaired) electrons. The quantitative estimate of drug-likeness (QED) is 0.903. The first-order valence-corrected chi connectivity index (χ1v) is 7.98. The lowest BCUT2D eigenvalue weighted by molar-refractivity contribution is 0.0842. The van der Waals surface area contributed by atoms with Gasteiger partial charge >= 0.3 is 0 Å². The Morgan fingerprint density at radius 2 is 2.14 bits per heavy atom. The van der Waals surface area contributed by atoms with Crippen LogP contribution in [0.15, 0.2) is 18.2 Å². The van der Waals surface area contributed by atoms with Crippen molar-refractivity contribution in [2.24, 2.45) is 5.92 Å². The van der Waals surface area contributed by atoms with Crippen LogP contribution < -0.4 is 10.1 Å². The molecule has 1 N–H and O–H groups in total. The lowest BCUT2D eigenvalue weighted by Gasteiger charge is -2.42. The monoisotopic (exact) mass is 292 g/mol. The molecule has 116 valence electrons. The van der Waals surface area contributed by atoms with Gasteiger partial charge in [-0.2, -0.15) is 0 Å². The third-order valence-electron chi connectivity index (χ3n) is 4.79. The average molecular weight is 292 g/mol. The number of ether oxygens (including phenoxy) is 1. The summed E-state index contributed by atoms with van der Waals surface area (Å²) in [4.78, 5) is 2.60. The number of piperidine rings is 1. The van der Waals surface area contributed by atoms with Crippen molar-refractivity contribution in [3.05, 3.63) is 29.6 Å². The summed E-state index contributed by atoms with van der Waals surface area (Å²) < 4.78 is 19.2. The molecule has 2 fully saturated rings. The summed E-state index contributed by atoms with van der Waals surface area (Å²) >= 11 is 0. The summed E-state index contributed by atoms with van der Waals surface area (Å²) in [6, 6.07) is 6.52. The van der Waals surface area contributed by atoms with E-state index in [0.29, 0.717) is 23.8 Å². The van der Waals surface area contributed by atoms with E-state index in [1.807, 2.05) is 13.1 Å². The molecule has 1 aromatic rings. The Kier molecular flexibility index (Phi) is 4.45. The standard InChI is InChI=1S/C17H25FN2O/c1-19-11-13-4-3-9-20(14-6-7-14)17(13)12-5-8-16(21-2)15(18)10-12/h5,8,10,13-14,17,19H,3-4,6-7,9,11H2,1-2H3. The lowest BCUT2D eigenvalue weighted by atomic mass is 9.84. The second kappa shape index (κ2) is 6.32. The predicted octanol–water partition coefficient (Wildman–Crippen LogP) is 2.97. The van der Waals surface area contributed by atoms with E-state index in [1.54, 1.807) is 12.1 Å². The second-order valence-electron chi connectivity index (χ2n) is 6.27. The highest BCUT2D eigenvalue weighted by Gasteiger charge is 2.40. The van der Waals surface area contributed by atoms with Crippen LogP contribution in [0.1, 0.15) is 37.3 Å². The van der Waals surface area contributed by atoms with Gasteiger partial charge in [0.25, 0.3) is 0 Å². The van der Waals surface area contributed by atoms with Gasteiger partial charge in [-0.15, -0.1) is 0 Å². The number of nitrogens with zero attached hydrogens (tertiary/aromatic N) is 1. The predicted molar refractivity (Wildman–Crippen MR) is 82.1 cm³/mol. The van der Waals surface area contributed by atoms with E-state index in [1.165, 1.54) is 32.8 Å². The van der Waals surface area contributed by atoms with Crippen LogP contribution in [0, 0.1) is 11.7 Å². The Hall–Kier alpha value is -1.13. The molecule has 1 saturated carbocycles. The van der Waals surface area contributed by atoms with E-state index in [-0.39, 0.29) is 5.82 Å². The van der Waals surface area contributed by atoms with E-state index in [2.05, 4.69) is 10.2 Å². The Balaban J connectivity index is 1.90. The molecular formula is C17H25FN2O. The van der Waals surface area contributed by atoms with Gasteiger partial charge < -0.3 is 10.1 Å². The van der Waals surface area contributed by atoms with Gasteiger partial charge in [0.2, 0.25) is 0 Å². The van der Waals surface area contributed by atoms with Crippen LogP contribution in [0.3, 0.4) is 0 Å². The van der Waals surface area contributed by atoms with Crippen molar-refractivity contribution >= 4 is 0 Å². The van der Waals surface area contributed by atoms with Crippen molar-refractivity contribution in [2.75, 3.05) is 27.2 Å². The summed E-state index contributed by atoms with van der Waals surface area (Å²) in [5.74, 6) is 0.634. The minimum Gasteiger partial charge on any atom is -0.494 e. The fourth-order valence-electron chi connectivity index (χ4n) is 3.73. The van der Waals surface area contributed by atoms with Crippen molar-refractivity contribution in [3.63, 3.8) is 0 Å². The van der Waals surface area contributed by atoms with Crippen molar-refractivity contribution < 1.29 is 9.13 Å². The molecule has 2 unspecified atom stereocenters. The molecule has 3 rings (SSSR count). The molecule has 2 atom stereocenters. The third kappa shape index (κ3) is 3.06. The zero-order chi connectivity index (χ0) is 14.8. The first-order chi connectivity index (χ1) is 10.2. The van der Waals surface area contributed by atoms with E-state index in [0.717, 1.165) is 18.7 Å². The molecule has 4 heteroatoms. The van der Waals surface area contributed by atoms with Gasteiger partial charge in [-0.3, -0.25) is 4.90 Å². The molecule has 1 aliphatic heterocycles. The third-order valence-corrected chi connectivity index (χ3v) is 4.79. The molecule has 2 aliphatic rings. The maximum absolute atomic E-state index is 14.1. The molecular weight excluding hydrogens is 267 g/mol. The fourth-order valence-corrected chi connectivity index (χ4v) is 3.73. The molecule has 21 heavy (non-hydrogen) atoms. The molecule has 1 aliphatic carbocycles. The van der Waals surface area contributed by atoms with E-state index in [9.17, 15) is 4.39 Å². The Morgan fingerprint density at radius 1 is 1.33 bits per heavy atom. The molecule has 1 aromatic carbocycles. The van der Waals surface area contributed by atoms with Crippen LogP contribution in [0.4, 0.5) is 4.39 Å². The zero-order valence-electron chi connectivity index (χ0n) is 12.9. The van der Waals surface area contributed by atoms with Crippen molar-refractivity contribution in [1.29, 1.82) is 0 Å². The number of rotatable bonds is 5. The topological polar surface area (TPSA) is 24.5 Å². The maximum atomic E-state index is 14.1. The van der Waals surface area contributed by atoms with Crippen LogP contribution in [0.2, 0.25) is 0 Å². The van der Waals surface area contributed by atoms with Crippen molar-refractivity contribution in [1.82, 2.24) is 10.2 Å². The molecule has 0 spiro atoms. The Labute approximate surface area is 126 Å². The van der Waals surface area contributed by atoms with Crippen LogP contribution in [-0.4, -0.2) is 38.2 Å². The normalized spacial score (nSPS) is 26.8. The first kappa shape index (κ1) is 14.8.